The van der Waals surface area contributed by atoms with Gasteiger partial charge in [0.15, 0.2) is 6.61 Å². The molecule has 0 unspecified atom stereocenters. The topological polar surface area (TPSA) is 73.9 Å². The number of halogens is 2. The fourth-order valence-electron chi connectivity index (χ4n) is 2.07. The molecule has 6 nitrogen and oxygen atoms in total. The van der Waals surface area contributed by atoms with Crippen LogP contribution in [-0.2, 0) is 14.3 Å². The molecule has 0 spiro atoms. The van der Waals surface area contributed by atoms with Crippen molar-refractivity contribution in [2.75, 3.05) is 25.6 Å². The van der Waals surface area contributed by atoms with Crippen molar-refractivity contribution < 1.29 is 28.2 Å². The molecule has 0 aliphatic heterocycles. The smallest absolute Gasteiger partial charge is 0.306 e. The molecule has 0 saturated carbocycles. The molecule has 0 fully saturated rings. The quantitative estimate of drug-likeness (QED) is 0.516. The maximum atomic E-state index is 13.6. The molecular formula is C19H19ClFNO5. The zero-order valence-electron chi connectivity index (χ0n) is 14.7. The summed E-state index contributed by atoms with van der Waals surface area (Å²) in [5.74, 6) is -0.465. The number of anilines is 1. The molecule has 1 N–H and O–H groups in total. The first kappa shape index (κ1) is 20.5. The Bertz CT molecular complexity index is 782. The Labute approximate surface area is 161 Å². The molecule has 0 radical (unpaired) electrons. The van der Waals surface area contributed by atoms with Gasteiger partial charge >= 0.3 is 5.97 Å². The number of hydrogen-bond donors (Lipinski definition) is 1. The molecule has 0 aromatic heterocycles. The lowest BCUT2D eigenvalue weighted by Gasteiger charge is -2.08. The van der Waals surface area contributed by atoms with Gasteiger partial charge in [-0.1, -0.05) is 11.6 Å². The highest BCUT2D eigenvalue weighted by atomic mass is 35.5. The average molecular weight is 396 g/mol. The van der Waals surface area contributed by atoms with E-state index >= 15 is 0 Å². The van der Waals surface area contributed by atoms with Crippen LogP contribution >= 0.6 is 11.6 Å². The van der Waals surface area contributed by atoms with Gasteiger partial charge in [-0.05, 0) is 48.9 Å². The minimum Gasteiger partial charge on any atom is -0.497 e. The maximum Gasteiger partial charge on any atom is 0.306 e. The second-order valence-electron chi connectivity index (χ2n) is 5.46. The number of carbonyl (C=O) groups excluding carboxylic acids is 2. The van der Waals surface area contributed by atoms with Crippen LogP contribution in [0.1, 0.15) is 12.8 Å². The second-order valence-corrected chi connectivity index (χ2v) is 5.90. The molecule has 2 aromatic rings. The van der Waals surface area contributed by atoms with Crippen LogP contribution in [0.25, 0.3) is 0 Å². The van der Waals surface area contributed by atoms with E-state index in [4.69, 9.17) is 25.8 Å². The summed E-state index contributed by atoms with van der Waals surface area (Å²) in [6.45, 7) is -0.177. The summed E-state index contributed by atoms with van der Waals surface area (Å²) in [6.07, 6.45) is 0.525. The van der Waals surface area contributed by atoms with Crippen LogP contribution in [0.15, 0.2) is 42.5 Å². The number of rotatable bonds is 9. The van der Waals surface area contributed by atoms with E-state index < -0.39 is 24.3 Å². The molecule has 8 heteroatoms. The molecule has 1 amide bonds. The Morgan fingerprint density at radius 1 is 1.11 bits per heavy atom. The molecule has 27 heavy (non-hydrogen) atoms. The van der Waals surface area contributed by atoms with E-state index in [1.54, 1.807) is 31.4 Å². The third-order valence-corrected chi connectivity index (χ3v) is 3.66. The molecule has 0 aliphatic carbocycles. The Morgan fingerprint density at radius 2 is 1.81 bits per heavy atom. The van der Waals surface area contributed by atoms with E-state index in [-0.39, 0.29) is 17.1 Å². The van der Waals surface area contributed by atoms with Crippen LogP contribution in [-0.4, -0.2) is 32.2 Å². The normalized spacial score (nSPS) is 10.2. The summed E-state index contributed by atoms with van der Waals surface area (Å²) in [5.41, 5.74) is -0.0339. The lowest BCUT2D eigenvalue weighted by molar-refractivity contribution is -0.147. The van der Waals surface area contributed by atoms with E-state index in [1.807, 2.05) is 0 Å². The number of esters is 1. The van der Waals surface area contributed by atoms with Crippen molar-refractivity contribution in [1.29, 1.82) is 0 Å². The van der Waals surface area contributed by atoms with Crippen molar-refractivity contribution in [3.8, 4) is 11.5 Å². The van der Waals surface area contributed by atoms with Gasteiger partial charge in [-0.25, -0.2) is 4.39 Å². The van der Waals surface area contributed by atoms with Gasteiger partial charge in [0.05, 0.1) is 19.4 Å². The molecule has 2 rings (SSSR count). The minimum absolute atomic E-state index is 0.0339. The van der Waals surface area contributed by atoms with Crippen molar-refractivity contribution in [1.82, 2.24) is 0 Å². The van der Waals surface area contributed by atoms with E-state index in [9.17, 15) is 14.0 Å². The van der Waals surface area contributed by atoms with Crippen LogP contribution in [0.5, 0.6) is 11.5 Å². The number of carbonyl (C=O) groups is 2. The summed E-state index contributed by atoms with van der Waals surface area (Å²) in [7, 11) is 1.58. The monoisotopic (exact) mass is 395 g/mol. The highest BCUT2D eigenvalue weighted by Crippen LogP contribution is 2.19. The first-order valence-corrected chi connectivity index (χ1v) is 8.53. The predicted octanol–water partition coefficient (Wildman–Crippen LogP) is 3.83. The van der Waals surface area contributed by atoms with Gasteiger partial charge < -0.3 is 19.5 Å². The lowest BCUT2D eigenvalue weighted by atomic mass is 10.3. The minimum atomic E-state index is -0.669. The zero-order chi connectivity index (χ0) is 19.6. The van der Waals surface area contributed by atoms with E-state index in [0.717, 1.165) is 11.8 Å². The number of ether oxygens (including phenoxy) is 3. The molecule has 0 heterocycles. The lowest BCUT2D eigenvalue weighted by Crippen LogP contribution is -2.21. The largest absolute Gasteiger partial charge is 0.497 e. The molecule has 0 aliphatic rings. The SMILES string of the molecule is COc1ccc(OCCCC(=O)OCC(=O)Nc2ccc(Cl)cc2F)cc1. The summed E-state index contributed by atoms with van der Waals surface area (Å²) >= 11 is 5.63. The molecular weight excluding hydrogens is 377 g/mol. The third kappa shape index (κ3) is 7.15. The zero-order valence-corrected chi connectivity index (χ0v) is 15.4. The van der Waals surface area contributed by atoms with Crippen LogP contribution in [0.4, 0.5) is 10.1 Å². The average Bonchev–Trinajstić information content (AvgIpc) is 2.66. The number of nitrogens with one attached hydrogen (secondary N) is 1. The van der Waals surface area contributed by atoms with Crippen molar-refractivity contribution in [3.63, 3.8) is 0 Å². The standard InChI is InChI=1S/C19H19ClFNO5/c1-25-14-5-7-15(8-6-14)26-10-2-3-19(24)27-12-18(23)22-17-9-4-13(20)11-16(17)21/h4-9,11H,2-3,10,12H2,1H3,(H,22,23). The van der Waals surface area contributed by atoms with Gasteiger partial charge in [0.1, 0.15) is 17.3 Å². The van der Waals surface area contributed by atoms with E-state index in [2.05, 4.69) is 5.32 Å². The number of methoxy groups -OCH3 is 1. The first-order valence-electron chi connectivity index (χ1n) is 8.15. The van der Waals surface area contributed by atoms with Gasteiger partial charge in [0, 0.05) is 11.4 Å². The van der Waals surface area contributed by atoms with Crippen molar-refractivity contribution in [3.05, 3.63) is 53.3 Å². The third-order valence-electron chi connectivity index (χ3n) is 3.42. The van der Waals surface area contributed by atoms with E-state index in [0.29, 0.717) is 18.8 Å². The van der Waals surface area contributed by atoms with Gasteiger partial charge in [0.25, 0.3) is 5.91 Å². The fourth-order valence-corrected chi connectivity index (χ4v) is 2.23. The fraction of sp³-hybridized carbons (Fsp3) is 0.263. The van der Waals surface area contributed by atoms with Gasteiger partial charge in [-0.3, -0.25) is 9.59 Å². The maximum absolute atomic E-state index is 13.6. The van der Waals surface area contributed by atoms with Crippen molar-refractivity contribution in [2.24, 2.45) is 0 Å². The van der Waals surface area contributed by atoms with E-state index in [1.165, 1.54) is 12.1 Å². The highest BCUT2D eigenvalue weighted by molar-refractivity contribution is 6.30. The molecule has 0 atom stereocenters. The molecule has 2 aromatic carbocycles. The van der Waals surface area contributed by atoms with Crippen LogP contribution in [0, 0.1) is 5.82 Å². The Kier molecular flexibility index (Phi) is 7.88. The molecule has 144 valence electrons. The van der Waals surface area contributed by atoms with Crippen LogP contribution < -0.4 is 14.8 Å². The predicted molar refractivity (Wildman–Crippen MR) is 98.7 cm³/mol. The van der Waals surface area contributed by atoms with Gasteiger partial charge in [-0.15, -0.1) is 0 Å². The summed E-state index contributed by atoms with van der Waals surface area (Å²) in [4.78, 5) is 23.3. The summed E-state index contributed by atoms with van der Waals surface area (Å²) in [5, 5.41) is 2.52. The van der Waals surface area contributed by atoms with Crippen LogP contribution in [0.2, 0.25) is 5.02 Å². The molecule has 0 bridgehead atoms. The number of benzene rings is 2. The first-order chi connectivity index (χ1) is 13.0. The van der Waals surface area contributed by atoms with Crippen LogP contribution in [0.3, 0.4) is 0 Å². The Hall–Kier alpha value is -2.80. The Morgan fingerprint density at radius 3 is 2.48 bits per heavy atom. The highest BCUT2D eigenvalue weighted by Gasteiger charge is 2.10. The van der Waals surface area contributed by atoms with Gasteiger partial charge in [0.2, 0.25) is 0 Å². The molecule has 0 saturated heterocycles. The van der Waals surface area contributed by atoms with Gasteiger partial charge in [-0.2, -0.15) is 0 Å². The second kappa shape index (κ2) is 10.4. The van der Waals surface area contributed by atoms with Crippen molar-refractivity contribution in [2.45, 2.75) is 12.8 Å². The summed E-state index contributed by atoms with van der Waals surface area (Å²) in [6, 6.07) is 10.9. The Balaban J connectivity index is 1.63. The van der Waals surface area contributed by atoms with Crippen molar-refractivity contribution >= 4 is 29.2 Å². The number of hydrogen-bond acceptors (Lipinski definition) is 5. The summed E-state index contributed by atoms with van der Waals surface area (Å²) < 4.78 is 29.0. The number of amides is 1.